The van der Waals surface area contributed by atoms with Crippen LogP contribution in [0.15, 0.2) is 17.6 Å². The molecule has 0 bridgehead atoms. The highest BCUT2D eigenvalue weighted by molar-refractivity contribution is 7.16. The lowest BCUT2D eigenvalue weighted by atomic mass is 10.2. The van der Waals surface area contributed by atoms with Crippen molar-refractivity contribution in [1.82, 2.24) is 4.98 Å². The second-order valence-electron chi connectivity index (χ2n) is 2.37. The van der Waals surface area contributed by atoms with Crippen molar-refractivity contribution in [3.63, 3.8) is 0 Å². The molecule has 70 valence electrons. The van der Waals surface area contributed by atoms with Gasteiger partial charge in [0.05, 0.1) is 15.7 Å². The number of fused-ring (bicyclic) bond motifs is 1. The van der Waals surface area contributed by atoms with Gasteiger partial charge in [0, 0.05) is 5.02 Å². The molecular formula is C10H12ClNS. The van der Waals surface area contributed by atoms with Gasteiger partial charge in [-0.2, -0.15) is 0 Å². The molecule has 1 aromatic heterocycles. The average molecular weight is 214 g/mol. The molecule has 2 aromatic rings. The molecule has 0 aliphatic carbocycles. The molecule has 0 N–H and O–H groups in total. The Bertz CT molecular complexity index is 395. The summed E-state index contributed by atoms with van der Waals surface area (Å²) in [4.78, 5) is 4.21. The molecule has 1 nitrogen and oxygen atoms in total. The second kappa shape index (κ2) is 4.58. The van der Waals surface area contributed by atoms with E-state index in [1.54, 1.807) is 11.3 Å². The van der Waals surface area contributed by atoms with Crippen molar-refractivity contribution < 1.29 is 0 Å². The van der Waals surface area contributed by atoms with Crippen molar-refractivity contribution in [1.29, 1.82) is 0 Å². The molecule has 0 aliphatic rings. The topological polar surface area (TPSA) is 12.9 Å². The molecule has 0 radical (unpaired) electrons. The van der Waals surface area contributed by atoms with E-state index in [1.807, 2.05) is 38.4 Å². The number of aryl methyl sites for hydroxylation is 1. The maximum absolute atomic E-state index is 5.91. The van der Waals surface area contributed by atoms with Crippen molar-refractivity contribution >= 4 is 33.2 Å². The third-order valence-electron chi connectivity index (χ3n) is 1.69. The van der Waals surface area contributed by atoms with Gasteiger partial charge in [-0.3, -0.25) is 0 Å². The van der Waals surface area contributed by atoms with Crippen LogP contribution >= 0.6 is 22.9 Å². The summed E-state index contributed by atoms with van der Waals surface area (Å²) in [7, 11) is 0. The van der Waals surface area contributed by atoms with E-state index in [-0.39, 0.29) is 0 Å². The zero-order valence-corrected chi connectivity index (χ0v) is 9.54. The molecule has 3 heteroatoms. The molecule has 0 aliphatic heterocycles. The number of aromatic nitrogens is 1. The second-order valence-corrected chi connectivity index (χ2v) is 3.67. The van der Waals surface area contributed by atoms with E-state index in [2.05, 4.69) is 4.98 Å². The normalized spacial score (nSPS) is 9.54. The van der Waals surface area contributed by atoms with Gasteiger partial charge in [0.1, 0.15) is 0 Å². The number of thiazole rings is 1. The zero-order valence-electron chi connectivity index (χ0n) is 7.97. The largest absolute Gasteiger partial charge is 0.244 e. The van der Waals surface area contributed by atoms with Gasteiger partial charge in [0.2, 0.25) is 0 Å². The summed E-state index contributed by atoms with van der Waals surface area (Å²) >= 11 is 7.55. The number of nitrogens with zero attached hydrogens (tertiary/aromatic N) is 1. The molecule has 0 atom stereocenters. The van der Waals surface area contributed by atoms with Crippen molar-refractivity contribution in [2.24, 2.45) is 0 Å². The van der Waals surface area contributed by atoms with Crippen LogP contribution in [0.2, 0.25) is 5.02 Å². The standard InChI is InChI=1S/C8H6ClNS.C2H6/c1-5-6(9)2-3-7-8(5)10-4-11-7;1-2/h2-4H,1H3;1-2H3. The Kier molecular flexibility index (Phi) is 3.70. The van der Waals surface area contributed by atoms with Crippen molar-refractivity contribution in [3.05, 3.63) is 28.2 Å². The Hall–Kier alpha value is -0.600. The van der Waals surface area contributed by atoms with E-state index < -0.39 is 0 Å². The fraction of sp³-hybridized carbons (Fsp3) is 0.300. The molecule has 0 amide bonds. The summed E-state index contributed by atoms with van der Waals surface area (Å²) in [6, 6.07) is 3.92. The molecular weight excluding hydrogens is 202 g/mol. The lowest BCUT2D eigenvalue weighted by Crippen LogP contribution is -1.76. The van der Waals surface area contributed by atoms with Gasteiger partial charge in [-0.1, -0.05) is 25.4 Å². The van der Waals surface area contributed by atoms with Crippen molar-refractivity contribution in [3.8, 4) is 0 Å². The summed E-state index contributed by atoms with van der Waals surface area (Å²) < 4.78 is 1.20. The summed E-state index contributed by atoms with van der Waals surface area (Å²) in [6.07, 6.45) is 0. The Morgan fingerprint density at radius 1 is 1.31 bits per heavy atom. The van der Waals surface area contributed by atoms with E-state index in [9.17, 15) is 0 Å². The molecule has 0 unspecified atom stereocenters. The Balaban J connectivity index is 0.000000396. The van der Waals surface area contributed by atoms with E-state index in [1.165, 1.54) is 4.70 Å². The quantitative estimate of drug-likeness (QED) is 0.637. The van der Waals surface area contributed by atoms with Crippen LogP contribution in [0.3, 0.4) is 0 Å². The van der Waals surface area contributed by atoms with Crippen LogP contribution < -0.4 is 0 Å². The minimum Gasteiger partial charge on any atom is -0.244 e. The zero-order chi connectivity index (χ0) is 9.84. The molecule has 1 aromatic carbocycles. The third kappa shape index (κ3) is 2.01. The van der Waals surface area contributed by atoms with E-state index in [4.69, 9.17) is 11.6 Å². The first-order chi connectivity index (χ1) is 6.29. The predicted octanol–water partition coefficient (Wildman–Crippen LogP) is 4.28. The minimum atomic E-state index is 0.795. The van der Waals surface area contributed by atoms with Crippen LogP contribution in [0.25, 0.3) is 10.2 Å². The monoisotopic (exact) mass is 213 g/mol. The smallest absolute Gasteiger partial charge is 0.0855 e. The lowest BCUT2D eigenvalue weighted by molar-refractivity contribution is 1.43. The van der Waals surface area contributed by atoms with Gasteiger partial charge in [-0.25, -0.2) is 4.98 Å². The van der Waals surface area contributed by atoms with Crippen LogP contribution in [0.4, 0.5) is 0 Å². The van der Waals surface area contributed by atoms with Gasteiger partial charge in [0.15, 0.2) is 0 Å². The Morgan fingerprint density at radius 3 is 2.69 bits per heavy atom. The molecule has 0 fully saturated rings. The highest BCUT2D eigenvalue weighted by Crippen LogP contribution is 2.26. The van der Waals surface area contributed by atoms with Gasteiger partial charge in [0.25, 0.3) is 0 Å². The first kappa shape index (κ1) is 10.5. The van der Waals surface area contributed by atoms with Crippen LogP contribution in [-0.4, -0.2) is 4.98 Å². The Labute approximate surface area is 87.4 Å². The lowest BCUT2D eigenvalue weighted by Gasteiger charge is -1.95. The fourth-order valence-corrected chi connectivity index (χ4v) is 1.93. The number of halogens is 1. The molecule has 0 saturated heterocycles. The average Bonchev–Trinajstić information content (AvgIpc) is 2.63. The van der Waals surface area contributed by atoms with Gasteiger partial charge < -0.3 is 0 Å². The minimum absolute atomic E-state index is 0.795. The van der Waals surface area contributed by atoms with E-state index in [0.717, 1.165) is 16.1 Å². The van der Waals surface area contributed by atoms with Crippen molar-refractivity contribution in [2.75, 3.05) is 0 Å². The van der Waals surface area contributed by atoms with Gasteiger partial charge in [-0.15, -0.1) is 11.3 Å². The summed E-state index contributed by atoms with van der Waals surface area (Å²) in [6.45, 7) is 5.99. The van der Waals surface area contributed by atoms with Crippen LogP contribution in [0.1, 0.15) is 19.4 Å². The summed E-state index contributed by atoms with van der Waals surface area (Å²) in [5.74, 6) is 0. The number of hydrogen-bond acceptors (Lipinski definition) is 2. The highest BCUT2D eigenvalue weighted by Gasteiger charge is 2.02. The van der Waals surface area contributed by atoms with Crippen LogP contribution in [-0.2, 0) is 0 Å². The summed E-state index contributed by atoms with van der Waals surface area (Å²) in [5, 5.41) is 0.795. The maximum Gasteiger partial charge on any atom is 0.0855 e. The first-order valence-electron chi connectivity index (χ1n) is 4.27. The Morgan fingerprint density at radius 2 is 2.00 bits per heavy atom. The van der Waals surface area contributed by atoms with Crippen LogP contribution in [0.5, 0.6) is 0 Å². The number of rotatable bonds is 0. The molecule has 2 rings (SSSR count). The predicted molar refractivity (Wildman–Crippen MR) is 60.7 cm³/mol. The van der Waals surface area contributed by atoms with E-state index >= 15 is 0 Å². The number of benzene rings is 1. The van der Waals surface area contributed by atoms with Gasteiger partial charge in [-0.05, 0) is 24.6 Å². The first-order valence-corrected chi connectivity index (χ1v) is 5.53. The molecule has 1 heterocycles. The SMILES string of the molecule is CC.Cc1c(Cl)ccc2scnc12. The third-order valence-corrected chi connectivity index (χ3v) is 2.89. The van der Waals surface area contributed by atoms with E-state index in [0.29, 0.717) is 0 Å². The highest BCUT2D eigenvalue weighted by atomic mass is 35.5. The molecule has 0 spiro atoms. The summed E-state index contributed by atoms with van der Waals surface area (Å²) in [5.41, 5.74) is 3.95. The van der Waals surface area contributed by atoms with Crippen molar-refractivity contribution in [2.45, 2.75) is 20.8 Å². The maximum atomic E-state index is 5.91. The molecule has 13 heavy (non-hydrogen) atoms. The number of hydrogen-bond donors (Lipinski definition) is 0. The van der Waals surface area contributed by atoms with Gasteiger partial charge >= 0.3 is 0 Å². The van der Waals surface area contributed by atoms with Crippen LogP contribution in [0, 0.1) is 6.92 Å². The molecule has 0 saturated carbocycles. The fourth-order valence-electron chi connectivity index (χ4n) is 1.04.